The third kappa shape index (κ3) is 2.64. The van der Waals surface area contributed by atoms with Crippen LogP contribution in [0.4, 0.5) is 0 Å². The molecule has 22 heavy (non-hydrogen) atoms. The topological polar surface area (TPSA) is 63.2 Å². The standard InChI is InChI=1S/C17H17NO3S/c1-13-7-9-15(10-8-13)22(20,21)18-16(19)17(11-12-17)14-5-3-2-4-6-14/h2-10H,11-12H2,1H3,(H,18,19). The minimum atomic E-state index is -3.83. The molecule has 1 amide bonds. The lowest BCUT2D eigenvalue weighted by atomic mass is 9.96. The van der Waals surface area contributed by atoms with Crippen LogP contribution in [0.5, 0.6) is 0 Å². The van der Waals surface area contributed by atoms with Crippen LogP contribution in [0.15, 0.2) is 59.5 Å². The smallest absolute Gasteiger partial charge is 0.264 e. The van der Waals surface area contributed by atoms with Gasteiger partial charge in [0.1, 0.15) is 0 Å². The minimum Gasteiger partial charge on any atom is -0.273 e. The molecule has 4 nitrogen and oxygen atoms in total. The Labute approximate surface area is 130 Å². The number of carbonyl (C=O) groups excluding carboxylic acids is 1. The van der Waals surface area contributed by atoms with Gasteiger partial charge in [-0.15, -0.1) is 0 Å². The zero-order valence-corrected chi connectivity index (χ0v) is 13.1. The lowest BCUT2D eigenvalue weighted by molar-refractivity contribution is -0.121. The summed E-state index contributed by atoms with van der Waals surface area (Å²) >= 11 is 0. The van der Waals surface area contributed by atoms with Crippen LogP contribution in [-0.4, -0.2) is 14.3 Å². The van der Waals surface area contributed by atoms with Crippen LogP contribution in [0.2, 0.25) is 0 Å². The van der Waals surface area contributed by atoms with Crippen molar-refractivity contribution in [2.45, 2.75) is 30.1 Å². The van der Waals surface area contributed by atoms with Gasteiger partial charge in [-0.25, -0.2) is 13.1 Å². The fraction of sp³-hybridized carbons (Fsp3) is 0.235. The molecular formula is C17H17NO3S. The summed E-state index contributed by atoms with van der Waals surface area (Å²) in [5.41, 5.74) is 1.14. The molecule has 0 bridgehead atoms. The number of sulfonamides is 1. The van der Waals surface area contributed by atoms with E-state index < -0.39 is 21.3 Å². The number of amides is 1. The van der Waals surface area contributed by atoms with E-state index in [1.807, 2.05) is 37.3 Å². The lowest BCUT2D eigenvalue weighted by Gasteiger charge is -2.16. The second kappa shape index (κ2) is 5.25. The summed E-state index contributed by atoms with van der Waals surface area (Å²) in [5, 5.41) is 0. The number of carbonyl (C=O) groups is 1. The molecule has 5 heteroatoms. The van der Waals surface area contributed by atoms with Crippen LogP contribution < -0.4 is 4.72 Å². The molecule has 0 unspecified atom stereocenters. The first-order valence-corrected chi connectivity index (χ1v) is 8.62. The molecule has 1 fully saturated rings. The molecule has 3 rings (SSSR count). The van der Waals surface area contributed by atoms with Crippen LogP contribution >= 0.6 is 0 Å². The SMILES string of the molecule is Cc1ccc(S(=O)(=O)NC(=O)C2(c3ccccc3)CC2)cc1. The van der Waals surface area contributed by atoms with E-state index >= 15 is 0 Å². The van der Waals surface area contributed by atoms with Crippen molar-refractivity contribution in [3.05, 3.63) is 65.7 Å². The molecule has 0 heterocycles. The Morgan fingerprint density at radius 3 is 2.14 bits per heavy atom. The molecule has 1 aliphatic carbocycles. The van der Waals surface area contributed by atoms with Gasteiger partial charge in [0.15, 0.2) is 0 Å². The van der Waals surface area contributed by atoms with Gasteiger partial charge >= 0.3 is 0 Å². The second-order valence-corrected chi connectivity index (χ2v) is 7.38. The van der Waals surface area contributed by atoms with E-state index in [4.69, 9.17) is 0 Å². The van der Waals surface area contributed by atoms with Crippen LogP contribution in [0.3, 0.4) is 0 Å². The van der Waals surface area contributed by atoms with Gasteiger partial charge in [0.25, 0.3) is 10.0 Å². The van der Waals surface area contributed by atoms with Crippen molar-refractivity contribution in [1.29, 1.82) is 0 Å². The Balaban J connectivity index is 1.84. The van der Waals surface area contributed by atoms with E-state index in [0.29, 0.717) is 12.8 Å². The largest absolute Gasteiger partial charge is 0.273 e. The Morgan fingerprint density at radius 2 is 1.59 bits per heavy atom. The van der Waals surface area contributed by atoms with Gasteiger partial charge in [0.05, 0.1) is 10.3 Å². The number of nitrogens with one attached hydrogen (secondary N) is 1. The fourth-order valence-electron chi connectivity index (χ4n) is 2.53. The molecule has 1 aliphatic rings. The monoisotopic (exact) mass is 315 g/mol. The highest BCUT2D eigenvalue weighted by Crippen LogP contribution is 2.48. The highest BCUT2D eigenvalue weighted by atomic mass is 32.2. The fourth-order valence-corrected chi connectivity index (χ4v) is 3.58. The van der Waals surface area contributed by atoms with Gasteiger partial charge < -0.3 is 0 Å². The Hall–Kier alpha value is -2.14. The summed E-state index contributed by atoms with van der Waals surface area (Å²) in [6, 6.07) is 15.8. The summed E-state index contributed by atoms with van der Waals surface area (Å²) in [5.74, 6) is -0.445. The first-order valence-electron chi connectivity index (χ1n) is 7.13. The van der Waals surface area contributed by atoms with Gasteiger partial charge in [0, 0.05) is 0 Å². The van der Waals surface area contributed by atoms with E-state index in [2.05, 4.69) is 4.72 Å². The third-order valence-electron chi connectivity index (χ3n) is 4.07. The summed E-state index contributed by atoms with van der Waals surface area (Å²) in [6.07, 6.45) is 1.35. The van der Waals surface area contributed by atoms with Crippen molar-refractivity contribution in [2.75, 3.05) is 0 Å². The van der Waals surface area contributed by atoms with Crippen molar-refractivity contribution in [3.8, 4) is 0 Å². The van der Waals surface area contributed by atoms with Crippen molar-refractivity contribution in [1.82, 2.24) is 4.72 Å². The number of aryl methyl sites for hydroxylation is 1. The Kier molecular flexibility index (Phi) is 3.53. The van der Waals surface area contributed by atoms with E-state index in [9.17, 15) is 13.2 Å². The molecule has 0 atom stereocenters. The first-order chi connectivity index (χ1) is 10.4. The van der Waals surface area contributed by atoms with E-state index in [1.165, 1.54) is 12.1 Å². The van der Waals surface area contributed by atoms with Crippen LogP contribution in [0, 0.1) is 6.92 Å². The van der Waals surface area contributed by atoms with E-state index in [-0.39, 0.29) is 4.90 Å². The van der Waals surface area contributed by atoms with Crippen LogP contribution in [-0.2, 0) is 20.2 Å². The summed E-state index contributed by atoms with van der Waals surface area (Å²) < 4.78 is 26.9. The van der Waals surface area contributed by atoms with Crippen molar-refractivity contribution in [3.63, 3.8) is 0 Å². The molecule has 1 N–H and O–H groups in total. The predicted molar refractivity (Wildman–Crippen MR) is 83.9 cm³/mol. The zero-order valence-electron chi connectivity index (χ0n) is 12.2. The van der Waals surface area contributed by atoms with Gasteiger partial charge in [-0.1, -0.05) is 48.0 Å². The summed E-state index contributed by atoms with van der Waals surface area (Å²) in [7, 11) is -3.83. The normalized spacial score (nSPS) is 16.0. The number of rotatable bonds is 4. The average Bonchev–Trinajstić information content (AvgIpc) is 3.30. The highest BCUT2D eigenvalue weighted by molar-refractivity contribution is 7.90. The average molecular weight is 315 g/mol. The van der Waals surface area contributed by atoms with Crippen LogP contribution in [0.1, 0.15) is 24.0 Å². The molecule has 2 aromatic carbocycles. The van der Waals surface area contributed by atoms with Gasteiger partial charge in [0.2, 0.25) is 5.91 Å². The highest BCUT2D eigenvalue weighted by Gasteiger charge is 2.52. The van der Waals surface area contributed by atoms with Crippen molar-refractivity contribution < 1.29 is 13.2 Å². The molecule has 1 saturated carbocycles. The Morgan fingerprint density at radius 1 is 1.00 bits per heavy atom. The molecule has 0 spiro atoms. The van der Waals surface area contributed by atoms with Gasteiger partial charge in [-0.3, -0.25) is 4.79 Å². The molecule has 114 valence electrons. The quantitative estimate of drug-likeness (QED) is 0.943. The van der Waals surface area contributed by atoms with Gasteiger partial charge in [-0.05, 0) is 37.5 Å². The molecular weight excluding hydrogens is 298 g/mol. The molecule has 0 radical (unpaired) electrons. The van der Waals surface area contributed by atoms with Crippen LogP contribution in [0.25, 0.3) is 0 Å². The lowest BCUT2D eigenvalue weighted by Crippen LogP contribution is -2.38. The summed E-state index contributed by atoms with van der Waals surface area (Å²) in [4.78, 5) is 12.6. The van der Waals surface area contributed by atoms with Gasteiger partial charge in [-0.2, -0.15) is 0 Å². The van der Waals surface area contributed by atoms with E-state index in [1.54, 1.807) is 12.1 Å². The number of benzene rings is 2. The zero-order chi connectivity index (χ0) is 15.8. The van der Waals surface area contributed by atoms with Crippen molar-refractivity contribution >= 4 is 15.9 Å². The second-order valence-electron chi connectivity index (χ2n) is 5.70. The van der Waals surface area contributed by atoms with Crippen molar-refractivity contribution in [2.24, 2.45) is 0 Å². The summed E-state index contributed by atoms with van der Waals surface area (Å²) in [6.45, 7) is 1.88. The maximum Gasteiger partial charge on any atom is 0.264 e. The number of hydrogen-bond acceptors (Lipinski definition) is 3. The molecule has 2 aromatic rings. The predicted octanol–water partition coefficient (Wildman–Crippen LogP) is 2.53. The third-order valence-corrected chi connectivity index (χ3v) is 5.42. The number of hydrogen-bond donors (Lipinski definition) is 1. The molecule has 0 aliphatic heterocycles. The first kappa shape index (κ1) is 14.8. The molecule has 0 aromatic heterocycles. The molecule has 0 saturated heterocycles. The maximum atomic E-state index is 12.5. The Bertz CT molecular complexity index is 792. The van der Waals surface area contributed by atoms with E-state index in [0.717, 1.165) is 11.1 Å². The maximum absolute atomic E-state index is 12.5. The minimum absolute atomic E-state index is 0.107.